The number of rotatable bonds is 14. The Hall–Kier alpha value is -0.195. The topological polar surface area (TPSA) is 0 Å². The van der Waals surface area contributed by atoms with Crippen LogP contribution in [0.25, 0.3) is 0 Å². The van der Waals surface area contributed by atoms with Crippen LogP contribution in [0.15, 0.2) is 12.2 Å². The molecule has 0 fully saturated rings. The first-order chi connectivity index (χ1) is 8.91. The Labute approximate surface area is 117 Å². The first-order valence-electron chi connectivity index (χ1n) is 8.56. The van der Waals surface area contributed by atoms with E-state index < -0.39 is 0 Å². The zero-order valence-electron chi connectivity index (χ0n) is 13.1. The van der Waals surface area contributed by atoms with Gasteiger partial charge in [0.1, 0.15) is 7.85 Å². The molecule has 0 amide bonds. The third kappa shape index (κ3) is 15.8. The Bertz CT molecular complexity index is 163. The lowest BCUT2D eigenvalue weighted by Crippen LogP contribution is -1.82. The van der Waals surface area contributed by atoms with Gasteiger partial charge in [-0.3, -0.25) is 0 Å². The first kappa shape index (κ1) is 17.8. The van der Waals surface area contributed by atoms with Crippen molar-refractivity contribution in [2.75, 3.05) is 0 Å². The summed E-state index contributed by atoms with van der Waals surface area (Å²) in [6.07, 6.45) is 24.5. The normalized spacial score (nSPS) is 11.4. The quantitative estimate of drug-likeness (QED) is 0.211. The molecule has 0 heterocycles. The molecule has 0 radical (unpaired) electrons. The highest BCUT2D eigenvalue weighted by Gasteiger charge is 1.92. The minimum absolute atomic E-state index is 1.26. The molecule has 0 atom stereocenters. The molecule has 0 aliphatic carbocycles. The lowest BCUT2D eigenvalue weighted by molar-refractivity contribution is 0.550. The minimum Gasteiger partial charge on any atom is -0.0892 e. The molecule has 0 aromatic heterocycles. The maximum Gasteiger partial charge on any atom is 0.101 e. The van der Waals surface area contributed by atoms with Crippen molar-refractivity contribution in [3.05, 3.63) is 12.2 Å². The maximum atomic E-state index is 2.37. The SMILES string of the molecule is BCC/C=C/CCCCCCCCCCCCC. The summed E-state index contributed by atoms with van der Waals surface area (Å²) in [7, 11) is 2.24. The summed E-state index contributed by atoms with van der Waals surface area (Å²) in [6, 6.07) is 0. The largest absolute Gasteiger partial charge is 0.101 e. The molecule has 0 unspecified atom stereocenters. The van der Waals surface area contributed by atoms with Crippen LogP contribution in [0.3, 0.4) is 0 Å². The van der Waals surface area contributed by atoms with Gasteiger partial charge in [-0.2, -0.15) is 0 Å². The van der Waals surface area contributed by atoms with Crippen LogP contribution < -0.4 is 0 Å². The van der Waals surface area contributed by atoms with E-state index >= 15 is 0 Å². The van der Waals surface area contributed by atoms with E-state index in [1.165, 1.54) is 89.8 Å². The summed E-state index contributed by atoms with van der Waals surface area (Å²) in [6.45, 7) is 2.29. The highest BCUT2D eigenvalue weighted by Crippen LogP contribution is 2.12. The van der Waals surface area contributed by atoms with Gasteiger partial charge in [0, 0.05) is 0 Å². The van der Waals surface area contributed by atoms with E-state index in [4.69, 9.17) is 0 Å². The van der Waals surface area contributed by atoms with Crippen molar-refractivity contribution in [1.82, 2.24) is 0 Å². The lowest BCUT2D eigenvalue weighted by atomic mass is 10.0. The molecular weight excluding hydrogens is 215 g/mol. The Morgan fingerprint density at radius 3 is 1.56 bits per heavy atom. The second kappa shape index (κ2) is 16.8. The number of unbranched alkanes of at least 4 members (excludes halogenated alkanes) is 11. The van der Waals surface area contributed by atoms with Crippen LogP contribution in [0.5, 0.6) is 0 Å². The summed E-state index contributed by atoms with van der Waals surface area (Å²) in [5.41, 5.74) is 0. The molecule has 1 heteroatoms. The molecule has 0 N–H and O–H groups in total. The monoisotopic (exact) mass is 250 g/mol. The van der Waals surface area contributed by atoms with Gasteiger partial charge in [0.2, 0.25) is 0 Å². The Morgan fingerprint density at radius 1 is 0.611 bits per heavy atom. The Kier molecular flexibility index (Phi) is 16.6. The van der Waals surface area contributed by atoms with Crippen molar-refractivity contribution < 1.29 is 0 Å². The van der Waals surface area contributed by atoms with E-state index in [9.17, 15) is 0 Å². The van der Waals surface area contributed by atoms with Crippen LogP contribution in [-0.4, -0.2) is 7.85 Å². The first-order valence-corrected chi connectivity index (χ1v) is 8.56. The molecule has 106 valence electrons. The van der Waals surface area contributed by atoms with Crippen LogP contribution >= 0.6 is 0 Å². The second-order valence-electron chi connectivity index (χ2n) is 5.58. The average Bonchev–Trinajstić information content (AvgIpc) is 2.39. The summed E-state index contributed by atoms with van der Waals surface area (Å²) >= 11 is 0. The molecule has 0 spiro atoms. The van der Waals surface area contributed by atoms with E-state index in [2.05, 4.69) is 26.9 Å². The van der Waals surface area contributed by atoms with Crippen molar-refractivity contribution in [2.24, 2.45) is 0 Å². The molecule has 0 rings (SSSR count). The highest BCUT2D eigenvalue weighted by atomic mass is 14.0. The Balaban J connectivity index is 2.94. The lowest BCUT2D eigenvalue weighted by Gasteiger charge is -2.01. The van der Waals surface area contributed by atoms with Gasteiger partial charge in [0.05, 0.1) is 0 Å². The number of hydrogen-bond acceptors (Lipinski definition) is 0. The predicted molar refractivity (Wildman–Crippen MR) is 88.2 cm³/mol. The molecular formula is C17H35B. The van der Waals surface area contributed by atoms with E-state index in [-0.39, 0.29) is 0 Å². The predicted octanol–water partition coefficient (Wildman–Crippen LogP) is 5.69. The standard InChI is InChI=1S/C17H35B/c1-2-3-4-5-6-7-8-9-10-11-12-13-14-15-16-17-18/h14-15H,2-13,16-18H2,1H3/b15-14+. The van der Waals surface area contributed by atoms with Gasteiger partial charge < -0.3 is 0 Å². The van der Waals surface area contributed by atoms with E-state index in [0.717, 1.165) is 0 Å². The second-order valence-corrected chi connectivity index (χ2v) is 5.58. The third-order valence-corrected chi connectivity index (χ3v) is 3.60. The third-order valence-electron chi connectivity index (χ3n) is 3.60. The number of allylic oxidation sites excluding steroid dienone is 2. The van der Waals surface area contributed by atoms with Crippen molar-refractivity contribution >= 4 is 7.85 Å². The fourth-order valence-corrected chi connectivity index (χ4v) is 2.33. The van der Waals surface area contributed by atoms with Crippen LogP contribution in [0.2, 0.25) is 6.32 Å². The number of hydrogen-bond donors (Lipinski definition) is 0. The molecule has 0 aliphatic heterocycles. The molecule has 0 saturated carbocycles. The summed E-state index contributed by atoms with van der Waals surface area (Å²) < 4.78 is 0. The Morgan fingerprint density at radius 2 is 1.06 bits per heavy atom. The average molecular weight is 250 g/mol. The highest BCUT2D eigenvalue weighted by molar-refractivity contribution is 6.08. The van der Waals surface area contributed by atoms with E-state index in [0.29, 0.717) is 0 Å². The van der Waals surface area contributed by atoms with Crippen molar-refractivity contribution in [3.8, 4) is 0 Å². The summed E-state index contributed by atoms with van der Waals surface area (Å²) in [5.74, 6) is 0. The van der Waals surface area contributed by atoms with Gasteiger partial charge in [-0.1, -0.05) is 89.6 Å². The smallest absolute Gasteiger partial charge is 0.0892 e. The van der Waals surface area contributed by atoms with Crippen molar-refractivity contribution in [2.45, 2.75) is 96.7 Å². The van der Waals surface area contributed by atoms with Crippen LogP contribution in [0.4, 0.5) is 0 Å². The molecule has 0 aliphatic rings. The zero-order chi connectivity index (χ0) is 13.3. The van der Waals surface area contributed by atoms with Crippen molar-refractivity contribution in [1.29, 1.82) is 0 Å². The van der Waals surface area contributed by atoms with Gasteiger partial charge in [-0.05, 0) is 19.3 Å². The van der Waals surface area contributed by atoms with Gasteiger partial charge in [-0.15, -0.1) is 0 Å². The molecule has 0 aromatic rings. The van der Waals surface area contributed by atoms with Gasteiger partial charge in [0.15, 0.2) is 0 Å². The van der Waals surface area contributed by atoms with Crippen LogP contribution in [-0.2, 0) is 0 Å². The van der Waals surface area contributed by atoms with Crippen LogP contribution in [0, 0.1) is 0 Å². The molecule has 18 heavy (non-hydrogen) atoms. The van der Waals surface area contributed by atoms with Crippen molar-refractivity contribution in [3.63, 3.8) is 0 Å². The molecule has 0 bridgehead atoms. The molecule has 0 saturated heterocycles. The van der Waals surface area contributed by atoms with Gasteiger partial charge >= 0.3 is 0 Å². The molecule has 0 aromatic carbocycles. The fourth-order valence-electron chi connectivity index (χ4n) is 2.33. The minimum atomic E-state index is 1.26. The summed E-state index contributed by atoms with van der Waals surface area (Å²) in [5, 5.41) is 0. The van der Waals surface area contributed by atoms with Crippen LogP contribution in [0.1, 0.15) is 90.4 Å². The maximum absolute atomic E-state index is 2.37. The van der Waals surface area contributed by atoms with Gasteiger partial charge in [-0.25, -0.2) is 0 Å². The summed E-state index contributed by atoms with van der Waals surface area (Å²) in [4.78, 5) is 0. The van der Waals surface area contributed by atoms with E-state index in [1.54, 1.807) is 0 Å². The molecule has 0 nitrogen and oxygen atoms in total. The van der Waals surface area contributed by atoms with Gasteiger partial charge in [0.25, 0.3) is 0 Å². The fraction of sp³-hybridized carbons (Fsp3) is 0.882. The van der Waals surface area contributed by atoms with E-state index in [1.807, 2.05) is 0 Å². The zero-order valence-corrected chi connectivity index (χ0v) is 13.1.